The Morgan fingerprint density at radius 2 is 1.86 bits per heavy atom. The molecule has 3 fully saturated rings. The monoisotopic (exact) mass is 692 g/mol. The Bertz CT molecular complexity index is 1750. The van der Waals surface area contributed by atoms with Gasteiger partial charge in [-0.2, -0.15) is 4.98 Å². The van der Waals surface area contributed by atoms with Gasteiger partial charge in [-0.25, -0.2) is 28.4 Å². The van der Waals surface area contributed by atoms with Gasteiger partial charge in [0, 0.05) is 45.3 Å². The number of pyridine rings is 1. The van der Waals surface area contributed by atoms with Gasteiger partial charge in [-0.15, -0.1) is 0 Å². The molecule has 2 aromatic heterocycles. The summed E-state index contributed by atoms with van der Waals surface area (Å²) in [7, 11) is 1.59. The number of anilines is 3. The number of likely N-dealkylation sites (tertiary alicyclic amines) is 1. The van der Waals surface area contributed by atoms with E-state index in [2.05, 4.69) is 34.9 Å². The number of rotatable bonds is 8. The number of aryl methyl sites for hydroxylation is 1. The van der Waals surface area contributed by atoms with Crippen LogP contribution in [0, 0.1) is 13.5 Å². The zero-order valence-electron chi connectivity index (χ0n) is 28.9. The van der Waals surface area contributed by atoms with Crippen LogP contribution in [0.5, 0.6) is 11.6 Å². The highest BCUT2D eigenvalue weighted by Gasteiger charge is 2.48. The first-order valence-electron chi connectivity index (χ1n) is 16.6. The SMILES string of the molecule is [C-]#[N+]c1cc(-c2ccnc(Nc3ccc(N4CCN(C5COC5)CC4)c(OC)n3)n2)c(C)cc1OC1CCN(C(=O)OC(C)(C)C)CC1(F)F. The van der Waals surface area contributed by atoms with Gasteiger partial charge in [0.05, 0.1) is 45.2 Å². The number of benzene rings is 1. The number of methoxy groups -OCH3 is 1. The number of ether oxygens (including phenoxy) is 4. The Balaban J connectivity index is 1.14. The summed E-state index contributed by atoms with van der Waals surface area (Å²) < 4.78 is 52.5. The average Bonchev–Trinajstić information content (AvgIpc) is 3.04. The quantitative estimate of drug-likeness (QED) is 0.293. The Labute approximate surface area is 290 Å². The van der Waals surface area contributed by atoms with Crippen LogP contribution in [-0.2, 0) is 9.47 Å². The number of carbonyl (C=O) groups is 1. The molecule has 0 spiro atoms. The smallest absolute Gasteiger partial charge is 0.410 e. The van der Waals surface area contributed by atoms with Crippen LogP contribution in [0.1, 0.15) is 32.8 Å². The number of aromatic nitrogens is 3. The summed E-state index contributed by atoms with van der Waals surface area (Å²) in [6.45, 7) is 19.0. The molecular weight excluding hydrogens is 650 g/mol. The number of carbonyl (C=O) groups excluding carboxylic acids is 1. The van der Waals surface area contributed by atoms with Crippen LogP contribution in [-0.4, -0.2) is 114 Å². The van der Waals surface area contributed by atoms with Crippen molar-refractivity contribution in [3.8, 4) is 22.9 Å². The van der Waals surface area contributed by atoms with Crippen molar-refractivity contribution in [3.63, 3.8) is 0 Å². The fraction of sp³-hybridized carbons (Fsp3) is 0.514. The Kier molecular flexibility index (Phi) is 9.95. The first-order chi connectivity index (χ1) is 23.8. The Hall–Kier alpha value is -4.81. The minimum atomic E-state index is -3.36. The number of hydrogen-bond acceptors (Lipinski definition) is 11. The van der Waals surface area contributed by atoms with Gasteiger partial charge in [0.2, 0.25) is 17.5 Å². The van der Waals surface area contributed by atoms with Gasteiger partial charge in [-0.1, -0.05) is 0 Å². The molecular formula is C35H42F2N8O5. The van der Waals surface area contributed by atoms with Gasteiger partial charge < -0.3 is 34.1 Å². The lowest BCUT2D eigenvalue weighted by Crippen LogP contribution is -2.56. The normalized spacial score (nSPS) is 19.7. The highest BCUT2D eigenvalue weighted by Crippen LogP contribution is 2.40. The van der Waals surface area contributed by atoms with E-state index in [1.807, 2.05) is 12.1 Å². The standard InChI is InChI=1S/C35H42F2N8O5/c1-22-17-28(49-29-10-12-45(21-35(29,36)37)33(46)50-34(2,3)4)26(38-5)18-24(22)25-9-11-39-32(40-25)42-30-8-7-27(31(41-30)47-6)44-15-13-43(14-16-44)23-19-48-20-23/h7-9,11,17-18,23,29H,10,12-16,19-21H2,1-4,6H3,(H,39,40,41,42). The van der Waals surface area contributed by atoms with Crippen LogP contribution in [0.2, 0.25) is 0 Å². The van der Waals surface area contributed by atoms with E-state index in [4.69, 9.17) is 25.5 Å². The third-order valence-electron chi connectivity index (χ3n) is 8.88. The maximum absolute atomic E-state index is 15.2. The predicted octanol–water partition coefficient (Wildman–Crippen LogP) is 5.69. The highest BCUT2D eigenvalue weighted by atomic mass is 19.3. The van der Waals surface area contributed by atoms with Gasteiger partial charge in [0.1, 0.15) is 22.9 Å². The number of nitrogens with zero attached hydrogens (tertiary/aromatic N) is 7. The van der Waals surface area contributed by atoms with Crippen molar-refractivity contribution in [2.75, 3.05) is 69.8 Å². The third-order valence-corrected chi connectivity index (χ3v) is 8.88. The van der Waals surface area contributed by atoms with E-state index in [9.17, 15) is 4.79 Å². The molecule has 1 amide bonds. The lowest BCUT2D eigenvalue weighted by atomic mass is 10.0. The van der Waals surface area contributed by atoms with E-state index in [1.54, 1.807) is 59.2 Å². The fourth-order valence-corrected chi connectivity index (χ4v) is 6.17. The molecule has 3 aliphatic heterocycles. The third kappa shape index (κ3) is 7.81. The zero-order chi connectivity index (χ0) is 35.6. The number of alkyl halides is 2. The van der Waals surface area contributed by atoms with Crippen LogP contribution >= 0.6 is 0 Å². The summed E-state index contributed by atoms with van der Waals surface area (Å²) in [5.74, 6) is -2.06. The molecule has 6 rings (SSSR count). The van der Waals surface area contributed by atoms with Crippen LogP contribution < -0.4 is 19.7 Å². The lowest BCUT2D eigenvalue weighted by molar-refractivity contribution is -0.137. The van der Waals surface area contributed by atoms with Crippen LogP contribution in [0.3, 0.4) is 0 Å². The number of nitrogens with one attached hydrogen (secondary N) is 1. The molecule has 3 aromatic rings. The van der Waals surface area contributed by atoms with Crippen molar-refractivity contribution in [2.24, 2.45) is 0 Å². The lowest BCUT2D eigenvalue weighted by Gasteiger charge is -2.43. The largest absolute Gasteiger partial charge is 0.495 e. The Morgan fingerprint density at radius 1 is 1.10 bits per heavy atom. The minimum absolute atomic E-state index is 0.0350. The van der Waals surface area contributed by atoms with Crippen LogP contribution in [0.4, 0.5) is 36.7 Å². The molecule has 1 unspecified atom stereocenters. The van der Waals surface area contributed by atoms with E-state index in [0.29, 0.717) is 34.6 Å². The molecule has 0 aliphatic carbocycles. The summed E-state index contributed by atoms with van der Waals surface area (Å²) in [5.41, 5.74) is 1.98. The molecule has 3 aliphatic rings. The number of piperidine rings is 1. The van der Waals surface area contributed by atoms with E-state index in [-0.39, 0.29) is 30.4 Å². The van der Waals surface area contributed by atoms with Gasteiger partial charge in [-0.3, -0.25) is 4.90 Å². The zero-order valence-corrected chi connectivity index (χ0v) is 28.9. The van der Waals surface area contributed by atoms with E-state index in [1.165, 1.54) is 0 Å². The number of amides is 1. The van der Waals surface area contributed by atoms with E-state index >= 15 is 8.78 Å². The van der Waals surface area contributed by atoms with Crippen molar-refractivity contribution in [1.82, 2.24) is 24.8 Å². The predicted molar refractivity (Wildman–Crippen MR) is 183 cm³/mol. The molecule has 0 radical (unpaired) electrons. The van der Waals surface area contributed by atoms with Crippen molar-refractivity contribution in [1.29, 1.82) is 0 Å². The van der Waals surface area contributed by atoms with Crippen molar-refractivity contribution in [3.05, 3.63) is 53.5 Å². The summed E-state index contributed by atoms with van der Waals surface area (Å²) in [6, 6.07) is 9.18. The minimum Gasteiger partial charge on any atom is -0.495 e. The molecule has 5 heterocycles. The first-order valence-corrected chi connectivity index (χ1v) is 16.6. The molecule has 0 saturated carbocycles. The molecule has 13 nitrogen and oxygen atoms in total. The number of hydrogen-bond donors (Lipinski definition) is 1. The number of halogens is 2. The summed E-state index contributed by atoms with van der Waals surface area (Å²) >= 11 is 0. The van der Waals surface area contributed by atoms with Gasteiger partial charge >= 0.3 is 12.0 Å². The summed E-state index contributed by atoms with van der Waals surface area (Å²) in [6.07, 6.45) is -0.862. The molecule has 266 valence electrons. The first kappa shape index (κ1) is 35.0. The second-order valence-corrected chi connectivity index (χ2v) is 13.6. The van der Waals surface area contributed by atoms with Crippen LogP contribution in [0.25, 0.3) is 16.1 Å². The molecule has 1 aromatic carbocycles. The second-order valence-electron chi connectivity index (χ2n) is 13.6. The average molecular weight is 693 g/mol. The van der Waals surface area contributed by atoms with Crippen LogP contribution in [0.15, 0.2) is 36.5 Å². The number of piperazine rings is 1. The highest BCUT2D eigenvalue weighted by molar-refractivity contribution is 5.74. The molecule has 1 atom stereocenters. The van der Waals surface area contributed by atoms with Crippen molar-refractivity contribution < 1.29 is 32.5 Å². The maximum atomic E-state index is 15.2. The van der Waals surface area contributed by atoms with Gasteiger partial charge in [0.15, 0.2) is 6.10 Å². The van der Waals surface area contributed by atoms with Crippen molar-refractivity contribution >= 4 is 29.2 Å². The van der Waals surface area contributed by atoms with Gasteiger partial charge in [0.25, 0.3) is 0 Å². The van der Waals surface area contributed by atoms with Gasteiger partial charge in [-0.05, 0) is 69.2 Å². The molecule has 0 bridgehead atoms. The van der Waals surface area contributed by atoms with E-state index < -0.39 is 30.3 Å². The molecule has 15 heteroatoms. The summed E-state index contributed by atoms with van der Waals surface area (Å²) in [5, 5.41) is 3.14. The summed E-state index contributed by atoms with van der Waals surface area (Å²) in [4.78, 5) is 35.4. The Morgan fingerprint density at radius 3 is 2.50 bits per heavy atom. The fourth-order valence-electron chi connectivity index (χ4n) is 6.17. The van der Waals surface area contributed by atoms with Crippen molar-refractivity contribution in [2.45, 2.75) is 57.8 Å². The molecule has 1 N–H and O–H groups in total. The molecule has 3 saturated heterocycles. The second kappa shape index (κ2) is 14.2. The molecule has 50 heavy (non-hydrogen) atoms. The topological polar surface area (TPSA) is 119 Å². The van der Waals surface area contributed by atoms with E-state index in [0.717, 1.165) is 50.0 Å². The maximum Gasteiger partial charge on any atom is 0.410 e.